The largest absolute Gasteiger partial charge is 0.367 e. The molecule has 1 N–H and O–H groups in total. The van der Waals surface area contributed by atoms with E-state index in [2.05, 4.69) is 5.32 Å². The van der Waals surface area contributed by atoms with Crippen LogP contribution in [0, 0.1) is 15.5 Å². The van der Waals surface area contributed by atoms with Crippen LogP contribution in [0.15, 0.2) is 42.5 Å². The van der Waals surface area contributed by atoms with Gasteiger partial charge in [0.2, 0.25) is 5.91 Å². The molecule has 3 heterocycles. The molecule has 4 amide bonds. The number of rotatable bonds is 2. The summed E-state index contributed by atoms with van der Waals surface area (Å²) in [5, 5.41) is 14.0. The zero-order valence-corrected chi connectivity index (χ0v) is 17.0. The van der Waals surface area contributed by atoms with Gasteiger partial charge in [-0.2, -0.15) is 0 Å². The summed E-state index contributed by atoms with van der Waals surface area (Å²) in [5.74, 6) is -1.31. The van der Waals surface area contributed by atoms with E-state index >= 15 is 0 Å². The molecule has 2 fully saturated rings. The standard InChI is InChI=1S/C21H17ClN4O5/c22-13-3-1-4-14(10-13)25-19(28)21(18(27)23-20(25)29)11-12-9-15(26(30)31)6-7-16(12)24-8-2-5-17(21)24/h1,3-4,6-7,9-10,17H,2,5,8,11H2,(H,23,27,29)/t17-,21+/m1/s1. The first-order valence-electron chi connectivity index (χ1n) is 9.82. The highest BCUT2D eigenvalue weighted by Gasteiger charge is 2.63. The number of benzene rings is 2. The van der Waals surface area contributed by atoms with Gasteiger partial charge in [-0.1, -0.05) is 17.7 Å². The maximum Gasteiger partial charge on any atom is 0.335 e. The predicted octanol–water partition coefficient (Wildman–Crippen LogP) is 3.04. The second-order valence-corrected chi connectivity index (χ2v) is 8.39. The molecule has 0 aromatic heterocycles. The van der Waals surface area contributed by atoms with E-state index in [1.165, 1.54) is 18.2 Å². The van der Waals surface area contributed by atoms with Crippen molar-refractivity contribution in [2.45, 2.75) is 25.3 Å². The molecule has 0 bridgehead atoms. The molecule has 1 spiro atoms. The van der Waals surface area contributed by atoms with E-state index in [1.807, 2.05) is 4.90 Å². The Bertz CT molecular complexity index is 1170. The number of carbonyl (C=O) groups is 3. The molecule has 0 radical (unpaired) electrons. The van der Waals surface area contributed by atoms with Crippen molar-refractivity contribution in [2.24, 2.45) is 5.41 Å². The Labute approximate surface area is 181 Å². The molecule has 3 aliphatic heterocycles. The summed E-state index contributed by atoms with van der Waals surface area (Å²) in [6, 6.07) is 9.50. The Hall–Kier alpha value is -3.46. The number of imide groups is 2. The Morgan fingerprint density at radius 1 is 1.16 bits per heavy atom. The summed E-state index contributed by atoms with van der Waals surface area (Å²) in [6.07, 6.45) is 1.32. The zero-order valence-electron chi connectivity index (χ0n) is 16.2. The number of amides is 4. The average molecular weight is 441 g/mol. The van der Waals surface area contributed by atoms with Gasteiger partial charge >= 0.3 is 6.03 Å². The van der Waals surface area contributed by atoms with E-state index in [-0.39, 0.29) is 17.8 Å². The fourth-order valence-corrected chi connectivity index (χ4v) is 5.23. The summed E-state index contributed by atoms with van der Waals surface area (Å²) < 4.78 is 0. The molecule has 9 nitrogen and oxygen atoms in total. The number of fused-ring (bicyclic) bond motifs is 4. The topological polar surface area (TPSA) is 113 Å². The van der Waals surface area contributed by atoms with Gasteiger partial charge in [0, 0.05) is 35.8 Å². The smallest absolute Gasteiger partial charge is 0.335 e. The van der Waals surface area contributed by atoms with Crippen molar-refractivity contribution in [3.8, 4) is 0 Å². The molecule has 2 saturated heterocycles. The van der Waals surface area contributed by atoms with Gasteiger partial charge in [0.15, 0.2) is 5.41 Å². The van der Waals surface area contributed by atoms with Crippen molar-refractivity contribution in [2.75, 3.05) is 16.3 Å². The third-order valence-corrected chi connectivity index (χ3v) is 6.59. The number of barbiturate groups is 1. The molecule has 5 rings (SSSR count). The number of nitrogens with zero attached hydrogens (tertiary/aromatic N) is 3. The zero-order chi connectivity index (χ0) is 21.9. The van der Waals surface area contributed by atoms with Crippen LogP contribution in [0.5, 0.6) is 0 Å². The molecule has 3 aliphatic rings. The number of urea groups is 1. The quantitative estimate of drug-likeness (QED) is 0.436. The van der Waals surface area contributed by atoms with E-state index in [1.54, 1.807) is 24.3 Å². The average Bonchev–Trinajstić information content (AvgIpc) is 3.22. The van der Waals surface area contributed by atoms with Crippen molar-refractivity contribution >= 4 is 46.5 Å². The Kier molecular flexibility index (Phi) is 4.26. The minimum Gasteiger partial charge on any atom is -0.367 e. The lowest BCUT2D eigenvalue weighted by Crippen LogP contribution is -2.71. The van der Waals surface area contributed by atoms with Crippen LogP contribution in [-0.2, 0) is 16.0 Å². The molecule has 2 atom stereocenters. The molecule has 158 valence electrons. The number of nitrogens with one attached hydrogen (secondary N) is 1. The summed E-state index contributed by atoms with van der Waals surface area (Å²) in [5.41, 5.74) is -0.106. The molecule has 2 aromatic carbocycles. The summed E-state index contributed by atoms with van der Waals surface area (Å²) >= 11 is 6.06. The molecular weight excluding hydrogens is 424 g/mol. The fraction of sp³-hybridized carbons (Fsp3) is 0.286. The summed E-state index contributed by atoms with van der Waals surface area (Å²) in [4.78, 5) is 53.5. The first kappa shape index (κ1) is 19.5. The van der Waals surface area contributed by atoms with Crippen molar-refractivity contribution < 1.29 is 19.3 Å². The van der Waals surface area contributed by atoms with Gasteiger partial charge < -0.3 is 4.90 Å². The van der Waals surface area contributed by atoms with Gasteiger partial charge in [0.1, 0.15) is 0 Å². The van der Waals surface area contributed by atoms with Crippen molar-refractivity contribution in [3.05, 3.63) is 63.2 Å². The lowest BCUT2D eigenvalue weighted by molar-refractivity contribution is -0.384. The van der Waals surface area contributed by atoms with Gasteiger partial charge in [-0.05, 0) is 42.7 Å². The van der Waals surface area contributed by atoms with Crippen LogP contribution in [0.2, 0.25) is 5.02 Å². The second-order valence-electron chi connectivity index (χ2n) is 7.95. The molecule has 0 unspecified atom stereocenters. The van der Waals surface area contributed by atoms with E-state index in [9.17, 15) is 24.5 Å². The maximum absolute atomic E-state index is 13.8. The Morgan fingerprint density at radius 2 is 1.97 bits per heavy atom. The third-order valence-electron chi connectivity index (χ3n) is 6.35. The third kappa shape index (κ3) is 2.73. The highest BCUT2D eigenvalue weighted by Crippen LogP contribution is 2.49. The number of hydrogen-bond acceptors (Lipinski definition) is 6. The predicted molar refractivity (Wildman–Crippen MR) is 112 cm³/mol. The van der Waals surface area contributed by atoms with Gasteiger partial charge in [0.05, 0.1) is 16.7 Å². The fourth-order valence-electron chi connectivity index (χ4n) is 5.05. The number of carbonyl (C=O) groups excluding carboxylic acids is 3. The van der Waals surface area contributed by atoms with Crippen LogP contribution in [-0.4, -0.2) is 35.4 Å². The molecule has 0 saturated carbocycles. The minimum atomic E-state index is -1.57. The lowest BCUT2D eigenvalue weighted by atomic mass is 9.68. The lowest BCUT2D eigenvalue weighted by Gasteiger charge is -2.49. The number of nitro benzene ring substituents is 1. The second kappa shape index (κ2) is 6.78. The van der Waals surface area contributed by atoms with E-state index in [0.29, 0.717) is 23.6 Å². The van der Waals surface area contributed by atoms with E-state index in [4.69, 9.17) is 11.6 Å². The SMILES string of the molecule is O=C1NC(=O)[C@@]2(Cc3cc([N+](=O)[O-])ccc3N3CCC[C@@H]32)C(=O)N1c1cccc(Cl)c1. The minimum absolute atomic E-state index is 0.0276. The van der Waals surface area contributed by atoms with Gasteiger partial charge in [-0.15, -0.1) is 0 Å². The number of anilines is 2. The number of hydrogen-bond donors (Lipinski definition) is 1. The van der Waals surface area contributed by atoms with Crippen molar-refractivity contribution in [3.63, 3.8) is 0 Å². The first-order chi connectivity index (χ1) is 14.8. The number of halogens is 1. The van der Waals surface area contributed by atoms with Gasteiger partial charge in [0.25, 0.3) is 11.6 Å². The first-order valence-corrected chi connectivity index (χ1v) is 10.2. The van der Waals surface area contributed by atoms with Crippen LogP contribution in [0.25, 0.3) is 0 Å². The summed E-state index contributed by atoms with van der Waals surface area (Å²) in [6.45, 7) is 0.614. The maximum atomic E-state index is 13.8. The highest BCUT2D eigenvalue weighted by molar-refractivity contribution is 6.33. The number of non-ortho nitro benzene ring substituents is 1. The van der Waals surface area contributed by atoms with Crippen molar-refractivity contribution in [1.29, 1.82) is 0 Å². The van der Waals surface area contributed by atoms with Crippen LogP contribution >= 0.6 is 11.6 Å². The van der Waals surface area contributed by atoms with Crippen molar-refractivity contribution in [1.82, 2.24) is 5.32 Å². The van der Waals surface area contributed by atoms with Crippen LogP contribution in [0.1, 0.15) is 18.4 Å². The molecular formula is C21H17ClN4O5. The van der Waals surface area contributed by atoms with Crippen LogP contribution < -0.4 is 15.1 Å². The molecule has 31 heavy (non-hydrogen) atoms. The van der Waals surface area contributed by atoms with E-state index < -0.39 is 34.2 Å². The molecule has 10 heteroatoms. The Balaban J connectivity index is 1.67. The summed E-state index contributed by atoms with van der Waals surface area (Å²) in [7, 11) is 0. The van der Waals surface area contributed by atoms with Gasteiger partial charge in [-0.3, -0.25) is 25.0 Å². The molecule has 0 aliphatic carbocycles. The van der Waals surface area contributed by atoms with Gasteiger partial charge in [-0.25, -0.2) is 9.69 Å². The molecule has 2 aromatic rings. The Morgan fingerprint density at radius 3 is 2.71 bits per heavy atom. The van der Waals surface area contributed by atoms with Crippen LogP contribution in [0.4, 0.5) is 21.9 Å². The monoisotopic (exact) mass is 440 g/mol. The normalized spacial score (nSPS) is 24.8. The highest BCUT2D eigenvalue weighted by atomic mass is 35.5. The van der Waals surface area contributed by atoms with Crippen LogP contribution in [0.3, 0.4) is 0 Å². The van der Waals surface area contributed by atoms with E-state index in [0.717, 1.165) is 17.0 Å². The number of nitro groups is 1.